The summed E-state index contributed by atoms with van der Waals surface area (Å²) in [5, 5.41) is 0. The van der Waals surface area contributed by atoms with E-state index in [0.717, 1.165) is 22.9 Å². The predicted octanol–water partition coefficient (Wildman–Crippen LogP) is 3.27. The molecule has 0 unspecified atom stereocenters. The number of anilines is 3. The fourth-order valence-corrected chi connectivity index (χ4v) is 2.14. The minimum atomic E-state index is 0.239. The summed E-state index contributed by atoms with van der Waals surface area (Å²) in [5.41, 5.74) is 5.92. The number of benzene rings is 1. The third kappa shape index (κ3) is 3.13. The smallest absolute Gasteiger partial charge is 0.148 e. The zero-order valence-electron chi connectivity index (χ0n) is 13.3. The number of nitrogens with two attached hydrogens (primary N) is 1. The standard InChI is InChI=1S/C16H23N5/c1-10(2)14-18-15(20-17)12(4)16(19-14)21(5)13-8-6-11(3)7-9-13/h6-10H,17H2,1-5H3,(H,18,19,20). The number of nitrogens with one attached hydrogen (secondary N) is 1. The monoisotopic (exact) mass is 285 g/mol. The first-order valence-electron chi connectivity index (χ1n) is 7.09. The molecule has 0 atom stereocenters. The van der Waals surface area contributed by atoms with Gasteiger partial charge in [0.25, 0.3) is 0 Å². The van der Waals surface area contributed by atoms with Crippen molar-refractivity contribution in [3.05, 3.63) is 41.2 Å². The molecule has 0 aliphatic rings. The van der Waals surface area contributed by atoms with E-state index in [-0.39, 0.29) is 5.92 Å². The van der Waals surface area contributed by atoms with Crippen LogP contribution < -0.4 is 16.2 Å². The van der Waals surface area contributed by atoms with E-state index in [0.29, 0.717) is 5.82 Å². The fraction of sp³-hybridized carbons (Fsp3) is 0.375. The molecular weight excluding hydrogens is 262 g/mol. The van der Waals surface area contributed by atoms with Gasteiger partial charge in [0, 0.05) is 24.2 Å². The second kappa shape index (κ2) is 6.10. The van der Waals surface area contributed by atoms with E-state index in [4.69, 9.17) is 10.8 Å². The van der Waals surface area contributed by atoms with Gasteiger partial charge in [0.2, 0.25) is 0 Å². The van der Waals surface area contributed by atoms with Crippen LogP contribution in [0.25, 0.3) is 0 Å². The summed E-state index contributed by atoms with van der Waals surface area (Å²) in [6.45, 7) is 8.19. The molecule has 0 spiro atoms. The number of aryl methyl sites for hydroxylation is 1. The van der Waals surface area contributed by atoms with Gasteiger partial charge in [-0.15, -0.1) is 0 Å². The number of nitrogens with zero attached hydrogens (tertiary/aromatic N) is 3. The highest BCUT2D eigenvalue weighted by Crippen LogP contribution is 2.29. The Kier molecular flexibility index (Phi) is 4.43. The second-order valence-electron chi connectivity index (χ2n) is 5.57. The number of hydrogen-bond donors (Lipinski definition) is 2. The summed E-state index contributed by atoms with van der Waals surface area (Å²) in [4.78, 5) is 11.2. The first-order valence-corrected chi connectivity index (χ1v) is 7.09. The average molecular weight is 285 g/mol. The predicted molar refractivity (Wildman–Crippen MR) is 87.9 cm³/mol. The van der Waals surface area contributed by atoms with Crippen molar-refractivity contribution in [3.63, 3.8) is 0 Å². The molecule has 21 heavy (non-hydrogen) atoms. The molecule has 0 saturated heterocycles. The lowest BCUT2D eigenvalue weighted by Gasteiger charge is -2.23. The van der Waals surface area contributed by atoms with Crippen molar-refractivity contribution < 1.29 is 0 Å². The quantitative estimate of drug-likeness (QED) is 0.666. The maximum Gasteiger partial charge on any atom is 0.148 e. The van der Waals surface area contributed by atoms with E-state index in [1.807, 2.05) is 14.0 Å². The molecule has 0 bridgehead atoms. The Balaban J connectivity index is 2.50. The van der Waals surface area contributed by atoms with Crippen molar-refractivity contribution in [1.29, 1.82) is 0 Å². The Labute approximate surface area is 126 Å². The van der Waals surface area contributed by atoms with Crippen LogP contribution in [0.3, 0.4) is 0 Å². The highest BCUT2D eigenvalue weighted by Gasteiger charge is 2.16. The van der Waals surface area contributed by atoms with Gasteiger partial charge in [-0.25, -0.2) is 15.8 Å². The minimum absolute atomic E-state index is 0.239. The van der Waals surface area contributed by atoms with E-state index in [9.17, 15) is 0 Å². The summed E-state index contributed by atoms with van der Waals surface area (Å²) < 4.78 is 0. The molecule has 5 nitrogen and oxygen atoms in total. The van der Waals surface area contributed by atoms with Crippen LogP contribution in [0.5, 0.6) is 0 Å². The second-order valence-corrected chi connectivity index (χ2v) is 5.57. The molecule has 5 heteroatoms. The molecule has 1 aromatic carbocycles. The van der Waals surface area contributed by atoms with Crippen molar-refractivity contribution in [2.24, 2.45) is 5.84 Å². The van der Waals surface area contributed by atoms with E-state index in [1.54, 1.807) is 0 Å². The van der Waals surface area contributed by atoms with Crippen LogP contribution in [-0.4, -0.2) is 17.0 Å². The molecule has 112 valence electrons. The Morgan fingerprint density at radius 3 is 2.24 bits per heavy atom. The van der Waals surface area contributed by atoms with E-state index in [1.165, 1.54) is 5.56 Å². The summed E-state index contributed by atoms with van der Waals surface area (Å²) in [5.74, 6) is 8.14. The van der Waals surface area contributed by atoms with Gasteiger partial charge in [-0.1, -0.05) is 31.5 Å². The Morgan fingerprint density at radius 2 is 1.71 bits per heavy atom. The Morgan fingerprint density at radius 1 is 1.10 bits per heavy atom. The molecule has 0 fully saturated rings. The van der Waals surface area contributed by atoms with Crippen molar-refractivity contribution in [2.75, 3.05) is 17.4 Å². The topological polar surface area (TPSA) is 67.1 Å². The normalized spacial score (nSPS) is 10.8. The van der Waals surface area contributed by atoms with Crippen molar-refractivity contribution in [3.8, 4) is 0 Å². The highest BCUT2D eigenvalue weighted by molar-refractivity contribution is 5.66. The number of aromatic nitrogens is 2. The lowest BCUT2D eigenvalue weighted by molar-refractivity contribution is 0.770. The van der Waals surface area contributed by atoms with Crippen LogP contribution in [0.1, 0.15) is 36.7 Å². The summed E-state index contributed by atoms with van der Waals surface area (Å²) >= 11 is 0. The van der Waals surface area contributed by atoms with Gasteiger partial charge in [-0.05, 0) is 26.0 Å². The van der Waals surface area contributed by atoms with Crippen LogP contribution in [0.15, 0.2) is 24.3 Å². The average Bonchev–Trinajstić information content (AvgIpc) is 2.47. The SMILES string of the molecule is Cc1ccc(N(C)c2nc(C(C)C)nc(NN)c2C)cc1. The maximum absolute atomic E-state index is 5.59. The summed E-state index contributed by atoms with van der Waals surface area (Å²) in [6.07, 6.45) is 0. The molecule has 0 saturated carbocycles. The third-order valence-electron chi connectivity index (χ3n) is 3.53. The largest absolute Gasteiger partial charge is 0.329 e. The van der Waals surface area contributed by atoms with Gasteiger partial charge >= 0.3 is 0 Å². The highest BCUT2D eigenvalue weighted by atomic mass is 15.3. The molecule has 0 radical (unpaired) electrons. The van der Waals surface area contributed by atoms with Gasteiger partial charge in [0.1, 0.15) is 17.5 Å². The first-order chi connectivity index (χ1) is 9.93. The van der Waals surface area contributed by atoms with Gasteiger partial charge in [0.05, 0.1) is 0 Å². The lowest BCUT2D eigenvalue weighted by atomic mass is 10.2. The van der Waals surface area contributed by atoms with E-state index in [2.05, 4.69) is 60.3 Å². The van der Waals surface area contributed by atoms with Gasteiger partial charge < -0.3 is 10.3 Å². The van der Waals surface area contributed by atoms with E-state index >= 15 is 0 Å². The molecule has 0 aliphatic heterocycles. The van der Waals surface area contributed by atoms with Crippen molar-refractivity contribution in [2.45, 2.75) is 33.6 Å². The molecular formula is C16H23N5. The third-order valence-corrected chi connectivity index (χ3v) is 3.53. The van der Waals surface area contributed by atoms with Gasteiger partial charge in [-0.3, -0.25) is 0 Å². The van der Waals surface area contributed by atoms with Crippen molar-refractivity contribution in [1.82, 2.24) is 9.97 Å². The van der Waals surface area contributed by atoms with Crippen LogP contribution in [0.2, 0.25) is 0 Å². The maximum atomic E-state index is 5.59. The summed E-state index contributed by atoms with van der Waals surface area (Å²) in [7, 11) is 2.00. The lowest BCUT2D eigenvalue weighted by Crippen LogP contribution is -2.19. The van der Waals surface area contributed by atoms with Crippen LogP contribution in [0.4, 0.5) is 17.3 Å². The molecule has 1 aromatic heterocycles. The number of hydrazine groups is 1. The first kappa shape index (κ1) is 15.3. The molecule has 2 aromatic rings. The Hall–Kier alpha value is -2.14. The number of hydrogen-bond acceptors (Lipinski definition) is 5. The van der Waals surface area contributed by atoms with Crippen molar-refractivity contribution >= 4 is 17.3 Å². The molecule has 3 N–H and O–H groups in total. The number of nitrogen functional groups attached to an aromatic ring is 1. The number of rotatable bonds is 4. The molecule has 1 heterocycles. The van der Waals surface area contributed by atoms with Gasteiger partial charge in [-0.2, -0.15) is 0 Å². The fourth-order valence-electron chi connectivity index (χ4n) is 2.14. The Bertz CT molecular complexity index is 619. The zero-order valence-corrected chi connectivity index (χ0v) is 13.3. The zero-order chi connectivity index (χ0) is 15.6. The van der Waals surface area contributed by atoms with Gasteiger partial charge in [0.15, 0.2) is 0 Å². The minimum Gasteiger partial charge on any atom is -0.329 e. The molecule has 0 aliphatic carbocycles. The molecule has 0 amide bonds. The van der Waals surface area contributed by atoms with Crippen LogP contribution in [0, 0.1) is 13.8 Å². The summed E-state index contributed by atoms with van der Waals surface area (Å²) in [6, 6.07) is 8.35. The van der Waals surface area contributed by atoms with Crippen LogP contribution in [-0.2, 0) is 0 Å². The van der Waals surface area contributed by atoms with E-state index < -0.39 is 0 Å². The molecule has 2 rings (SSSR count). The van der Waals surface area contributed by atoms with Crippen LogP contribution >= 0.6 is 0 Å².